The number of hydrogen-bond acceptors (Lipinski definition) is 4. The van der Waals surface area contributed by atoms with Gasteiger partial charge in [0, 0.05) is 65.6 Å². The van der Waals surface area contributed by atoms with E-state index in [1.807, 2.05) is 33.7 Å². The van der Waals surface area contributed by atoms with Gasteiger partial charge in [-0.2, -0.15) is 0 Å². The summed E-state index contributed by atoms with van der Waals surface area (Å²) in [4.78, 5) is 30.1. The Morgan fingerprint density at radius 1 is 1.11 bits per heavy atom. The first kappa shape index (κ1) is 19.0. The number of carbonyl (C=O) groups excluding carboxylic acids is 2. The maximum absolute atomic E-state index is 12.3. The second kappa shape index (κ2) is 8.30. The second-order valence-corrected chi connectivity index (χ2v) is 6.80. The first-order valence-corrected chi connectivity index (χ1v) is 9.10. The molecule has 3 rings (SSSR count). The molecule has 3 amide bonds. The van der Waals surface area contributed by atoms with Crippen LogP contribution in [0.5, 0.6) is 0 Å². The van der Waals surface area contributed by atoms with Crippen LogP contribution in [-0.2, 0) is 4.74 Å². The molecule has 0 aliphatic carbocycles. The number of hydrogen-bond donors (Lipinski definition) is 1. The van der Waals surface area contributed by atoms with Crippen LogP contribution in [0.15, 0.2) is 30.5 Å². The molecular formula is C19H27N5O3. The van der Waals surface area contributed by atoms with Crippen LogP contribution in [0.1, 0.15) is 10.4 Å². The molecule has 1 aliphatic rings. The van der Waals surface area contributed by atoms with Gasteiger partial charge in [0.1, 0.15) is 5.82 Å². The summed E-state index contributed by atoms with van der Waals surface area (Å²) < 4.78 is 7.00. The molecule has 0 unspecified atom stereocenters. The summed E-state index contributed by atoms with van der Waals surface area (Å²) in [6.07, 6.45) is 1.87. The van der Waals surface area contributed by atoms with Gasteiger partial charge >= 0.3 is 6.03 Å². The molecule has 1 aliphatic heterocycles. The van der Waals surface area contributed by atoms with Crippen molar-refractivity contribution in [2.24, 2.45) is 0 Å². The molecule has 146 valence electrons. The topological polar surface area (TPSA) is 69.5 Å². The third kappa shape index (κ3) is 4.16. The molecule has 2 aromatic heterocycles. The molecule has 1 N–H and O–H groups in total. The van der Waals surface area contributed by atoms with Gasteiger partial charge in [0.15, 0.2) is 0 Å². The average molecular weight is 373 g/mol. The van der Waals surface area contributed by atoms with E-state index in [9.17, 15) is 9.59 Å². The molecule has 0 radical (unpaired) electrons. The number of anilines is 1. The van der Waals surface area contributed by atoms with Crippen molar-refractivity contribution in [2.75, 3.05) is 65.4 Å². The van der Waals surface area contributed by atoms with E-state index < -0.39 is 0 Å². The van der Waals surface area contributed by atoms with E-state index >= 15 is 0 Å². The molecule has 8 nitrogen and oxygen atoms in total. The lowest BCUT2D eigenvalue weighted by molar-refractivity contribution is 0.0936. The van der Waals surface area contributed by atoms with Crippen LogP contribution >= 0.6 is 0 Å². The molecule has 0 saturated carbocycles. The van der Waals surface area contributed by atoms with E-state index in [4.69, 9.17) is 4.74 Å². The van der Waals surface area contributed by atoms with Crippen LogP contribution < -0.4 is 10.2 Å². The van der Waals surface area contributed by atoms with Crippen molar-refractivity contribution in [3.05, 3.63) is 36.0 Å². The molecule has 1 fully saturated rings. The van der Waals surface area contributed by atoms with Gasteiger partial charge < -0.3 is 29.2 Å². The minimum absolute atomic E-state index is 0.0460. The van der Waals surface area contributed by atoms with Crippen molar-refractivity contribution in [1.29, 1.82) is 0 Å². The Morgan fingerprint density at radius 2 is 1.81 bits per heavy atom. The molecule has 2 aromatic rings. The number of pyridine rings is 1. The predicted octanol–water partition coefficient (Wildman–Crippen LogP) is 1.12. The lowest BCUT2D eigenvalue weighted by Gasteiger charge is -2.36. The Balaban J connectivity index is 1.73. The number of carbonyl (C=O) groups is 2. The highest BCUT2D eigenvalue weighted by atomic mass is 16.5. The van der Waals surface area contributed by atoms with Crippen molar-refractivity contribution in [2.45, 2.75) is 0 Å². The zero-order valence-electron chi connectivity index (χ0n) is 16.1. The Labute approximate surface area is 159 Å². The second-order valence-electron chi connectivity index (χ2n) is 6.80. The standard InChI is InChI=1S/C19H27N5O3/c1-21(2)19(26)23-11-9-22(10-12-23)17-7-6-16-5-4-15(14-24(16)17)18(25)20-8-13-27-3/h4-7,14H,8-13H2,1-3H3,(H,20,25). The van der Waals surface area contributed by atoms with Crippen molar-refractivity contribution >= 4 is 23.3 Å². The van der Waals surface area contributed by atoms with Gasteiger partial charge in [-0.1, -0.05) is 0 Å². The zero-order valence-corrected chi connectivity index (χ0v) is 16.1. The van der Waals surface area contributed by atoms with Gasteiger partial charge in [0.25, 0.3) is 5.91 Å². The van der Waals surface area contributed by atoms with E-state index in [2.05, 4.69) is 16.3 Å². The highest BCUT2D eigenvalue weighted by molar-refractivity contribution is 5.94. The van der Waals surface area contributed by atoms with Gasteiger partial charge in [0.2, 0.25) is 0 Å². The number of nitrogens with zero attached hydrogens (tertiary/aromatic N) is 4. The number of nitrogens with one attached hydrogen (secondary N) is 1. The van der Waals surface area contributed by atoms with E-state index in [0.29, 0.717) is 31.8 Å². The fraction of sp³-hybridized carbons (Fsp3) is 0.474. The maximum atomic E-state index is 12.3. The lowest BCUT2D eigenvalue weighted by Crippen LogP contribution is -2.51. The quantitative estimate of drug-likeness (QED) is 0.798. The summed E-state index contributed by atoms with van der Waals surface area (Å²) >= 11 is 0. The Kier molecular flexibility index (Phi) is 5.85. The van der Waals surface area contributed by atoms with Crippen molar-refractivity contribution in [3.8, 4) is 0 Å². The van der Waals surface area contributed by atoms with Crippen molar-refractivity contribution < 1.29 is 14.3 Å². The average Bonchev–Trinajstić information content (AvgIpc) is 3.10. The number of amides is 3. The predicted molar refractivity (Wildman–Crippen MR) is 104 cm³/mol. The summed E-state index contributed by atoms with van der Waals surface area (Å²) in [6, 6.07) is 7.92. The highest BCUT2D eigenvalue weighted by Crippen LogP contribution is 2.22. The normalized spacial score (nSPS) is 14.5. The SMILES string of the molecule is COCCNC(=O)c1ccc2ccc(N3CCN(C(=O)N(C)C)CC3)n2c1. The van der Waals surface area contributed by atoms with E-state index in [0.717, 1.165) is 24.4 Å². The van der Waals surface area contributed by atoms with E-state index in [1.54, 1.807) is 26.1 Å². The van der Waals surface area contributed by atoms with Crippen LogP contribution in [0.3, 0.4) is 0 Å². The minimum Gasteiger partial charge on any atom is -0.383 e. The fourth-order valence-corrected chi connectivity index (χ4v) is 3.26. The fourth-order valence-electron chi connectivity index (χ4n) is 3.26. The van der Waals surface area contributed by atoms with Gasteiger partial charge in [0.05, 0.1) is 12.2 Å². The summed E-state index contributed by atoms with van der Waals surface area (Å²) in [7, 11) is 5.15. The number of ether oxygens (including phenoxy) is 1. The Hall–Kier alpha value is -2.74. The van der Waals surface area contributed by atoms with E-state index in [1.165, 1.54) is 0 Å². The van der Waals surface area contributed by atoms with Crippen molar-refractivity contribution in [1.82, 2.24) is 19.5 Å². The first-order valence-electron chi connectivity index (χ1n) is 9.10. The molecule has 0 atom stereocenters. The zero-order chi connectivity index (χ0) is 19.4. The number of urea groups is 1. The molecule has 1 saturated heterocycles. The molecule has 27 heavy (non-hydrogen) atoms. The van der Waals surface area contributed by atoms with Crippen LogP contribution in [0, 0.1) is 0 Å². The smallest absolute Gasteiger partial charge is 0.319 e. The largest absolute Gasteiger partial charge is 0.383 e. The number of piperazine rings is 1. The summed E-state index contributed by atoms with van der Waals surface area (Å²) in [6.45, 7) is 3.85. The van der Waals surface area contributed by atoms with Crippen LogP contribution in [0.25, 0.3) is 5.52 Å². The summed E-state index contributed by atoms with van der Waals surface area (Å²) in [5, 5.41) is 2.84. The van der Waals surface area contributed by atoms with Crippen molar-refractivity contribution in [3.63, 3.8) is 0 Å². The van der Waals surface area contributed by atoms with Crippen LogP contribution in [0.4, 0.5) is 10.6 Å². The molecule has 0 bridgehead atoms. The Morgan fingerprint density at radius 3 is 2.48 bits per heavy atom. The number of fused-ring (bicyclic) bond motifs is 1. The van der Waals surface area contributed by atoms with Gasteiger partial charge in [-0.25, -0.2) is 4.79 Å². The number of methoxy groups -OCH3 is 1. The third-order valence-corrected chi connectivity index (χ3v) is 4.74. The molecule has 0 aromatic carbocycles. The summed E-state index contributed by atoms with van der Waals surface area (Å²) in [5.41, 5.74) is 1.64. The third-order valence-electron chi connectivity index (χ3n) is 4.74. The first-order chi connectivity index (χ1) is 13.0. The van der Waals surface area contributed by atoms with Crippen LogP contribution in [-0.4, -0.2) is 86.7 Å². The number of aromatic nitrogens is 1. The molecule has 0 spiro atoms. The minimum atomic E-state index is -0.116. The molecule has 8 heteroatoms. The van der Waals surface area contributed by atoms with Crippen LogP contribution in [0.2, 0.25) is 0 Å². The number of rotatable bonds is 5. The molecule has 3 heterocycles. The lowest BCUT2D eigenvalue weighted by atomic mass is 10.2. The maximum Gasteiger partial charge on any atom is 0.319 e. The molecular weight excluding hydrogens is 346 g/mol. The monoisotopic (exact) mass is 373 g/mol. The summed E-state index contributed by atoms with van der Waals surface area (Å²) in [5.74, 6) is 0.920. The van der Waals surface area contributed by atoms with Gasteiger partial charge in [-0.15, -0.1) is 0 Å². The van der Waals surface area contributed by atoms with E-state index in [-0.39, 0.29) is 11.9 Å². The highest BCUT2D eigenvalue weighted by Gasteiger charge is 2.23. The Bertz CT molecular complexity index is 809. The van der Waals surface area contributed by atoms with Gasteiger partial charge in [-0.3, -0.25) is 4.79 Å². The van der Waals surface area contributed by atoms with Gasteiger partial charge in [-0.05, 0) is 24.3 Å².